The highest BCUT2D eigenvalue weighted by molar-refractivity contribution is 9.10. The van der Waals surface area contributed by atoms with Gasteiger partial charge in [0.25, 0.3) is 5.91 Å². The molecule has 20 heavy (non-hydrogen) atoms. The molecule has 6 heteroatoms. The predicted octanol–water partition coefficient (Wildman–Crippen LogP) is 2.80. The molecule has 0 saturated carbocycles. The van der Waals surface area contributed by atoms with E-state index in [1.165, 1.54) is 0 Å². The number of nitrogens with zero attached hydrogens (tertiary/aromatic N) is 1. The summed E-state index contributed by atoms with van der Waals surface area (Å²) in [5, 5.41) is 14.3. The number of carbonyl (C=O) groups is 1. The zero-order chi connectivity index (χ0) is 14.5. The van der Waals surface area contributed by atoms with Gasteiger partial charge in [0.1, 0.15) is 0 Å². The van der Waals surface area contributed by atoms with Crippen molar-refractivity contribution in [3.63, 3.8) is 0 Å². The lowest BCUT2D eigenvalue weighted by atomic mass is 10.1. The molecule has 0 heterocycles. The van der Waals surface area contributed by atoms with Crippen LogP contribution in [0.4, 0.5) is 5.69 Å². The van der Waals surface area contributed by atoms with E-state index in [-0.39, 0.29) is 11.7 Å². The molecule has 102 valence electrons. The molecule has 4 N–H and O–H groups in total. The summed E-state index contributed by atoms with van der Waals surface area (Å²) in [7, 11) is 0. The van der Waals surface area contributed by atoms with E-state index in [4.69, 9.17) is 10.9 Å². The number of halogens is 1. The number of benzene rings is 2. The van der Waals surface area contributed by atoms with E-state index in [1.54, 1.807) is 42.5 Å². The second-order valence-electron chi connectivity index (χ2n) is 4.00. The van der Waals surface area contributed by atoms with Crippen LogP contribution in [0.25, 0.3) is 0 Å². The predicted molar refractivity (Wildman–Crippen MR) is 81.0 cm³/mol. The molecule has 0 atom stereocenters. The maximum absolute atomic E-state index is 12.1. The van der Waals surface area contributed by atoms with E-state index in [1.807, 2.05) is 6.07 Å². The summed E-state index contributed by atoms with van der Waals surface area (Å²) in [4.78, 5) is 12.1. The Labute approximate surface area is 124 Å². The summed E-state index contributed by atoms with van der Waals surface area (Å²) < 4.78 is 0.728. The standard InChI is InChI=1S/C14H12BrN3O2/c15-12-4-2-1-3-11(12)14(19)17-10-7-5-9(6-8-10)13(16)18-20/h1-8,20H,(H2,16,18)(H,17,19). The van der Waals surface area contributed by atoms with Crippen LogP contribution in [-0.4, -0.2) is 17.0 Å². The highest BCUT2D eigenvalue weighted by Crippen LogP contribution is 2.18. The van der Waals surface area contributed by atoms with E-state index in [2.05, 4.69) is 26.4 Å². The van der Waals surface area contributed by atoms with Crippen molar-refractivity contribution < 1.29 is 10.0 Å². The second kappa shape index (κ2) is 6.21. The molecule has 0 aromatic heterocycles. The number of anilines is 1. The Hall–Kier alpha value is -2.34. The summed E-state index contributed by atoms with van der Waals surface area (Å²) in [5.41, 5.74) is 7.21. The fourth-order valence-corrected chi connectivity index (χ4v) is 2.09. The van der Waals surface area contributed by atoms with Crippen molar-refractivity contribution in [3.05, 3.63) is 64.1 Å². The third-order valence-corrected chi connectivity index (χ3v) is 3.36. The molecule has 2 rings (SSSR count). The first kappa shape index (κ1) is 14.1. The van der Waals surface area contributed by atoms with Crippen molar-refractivity contribution in [1.29, 1.82) is 0 Å². The minimum absolute atomic E-state index is 0.0219. The monoisotopic (exact) mass is 333 g/mol. The molecule has 5 nitrogen and oxygen atoms in total. The van der Waals surface area contributed by atoms with Crippen LogP contribution in [0.2, 0.25) is 0 Å². The largest absolute Gasteiger partial charge is 0.409 e. The van der Waals surface area contributed by atoms with Gasteiger partial charge in [0.2, 0.25) is 0 Å². The van der Waals surface area contributed by atoms with Crippen LogP contribution < -0.4 is 11.1 Å². The van der Waals surface area contributed by atoms with Gasteiger partial charge in [-0.3, -0.25) is 4.79 Å². The van der Waals surface area contributed by atoms with E-state index < -0.39 is 0 Å². The molecule has 0 spiro atoms. The Morgan fingerprint density at radius 3 is 2.40 bits per heavy atom. The van der Waals surface area contributed by atoms with Crippen LogP contribution in [0.3, 0.4) is 0 Å². The number of rotatable bonds is 3. The number of amides is 1. The molecular weight excluding hydrogens is 322 g/mol. The van der Waals surface area contributed by atoms with E-state index >= 15 is 0 Å². The first-order valence-corrected chi connectivity index (χ1v) is 6.55. The summed E-state index contributed by atoms with van der Waals surface area (Å²) in [5.74, 6) is -0.192. The average molecular weight is 334 g/mol. The SMILES string of the molecule is N/C(=N/O)c1ccc(NC(=O)c2ccccc2Br)cc1. The first-order chi connectivity index (χ1) is 9.61. The number of nitrogens with one attached hydrogen (secondary N) is 1. The Kier molecular flexibility index (Phi) is 4.37. The zero-order valence-corrected chi connectivity index (χ0v) is 12.0. The first-order valence-electron chi connectivity index (χ1n) is 5.75. The molecule has 0 unspecified atom stereocenters. The Morgan fingerprint density at radius 2 is 1.80 bits per heavy atom. The molecular formula is C14H12BrN3O2. The number of hydrogen-bond donors (Lipinski definition) is 3. The van der Waals surface area contributed by atoms with Gasteiger partial charge < -0.3 is 16.3 Å². The van der Waals surface area contributed by atoms with Gasteiger partial charge in [0.15, 0.2) is 5.84 Å². The van der Waals surface area contributed by atoms with Crippen LogP contribution in [0.5, 0.6) is 0 Å². The van der Waals surface area contributed by atoms with Gasteiger partial charge in [-0.05, 0) is 52.3 Å². The van der Waals surface area contributed by atoms with Gasteiger partial charge in [-0.15, -0.1) is 0 Å². The lowest BCUT2D eigenvalue weighted by Gasteiger charge is -2.07. The van der Waals surface area contributed by atoms with Crippen LogP contribution in [0.15, 0.2) is 58.2 Å². The van der Waals surface area contributed by atoms with Crippen LogP contribution in [0, 0.1) is 0 Å². The van der Waals surface area contributed by atoms with Crippen molar-refractivity contribution in [2.24, 2.45) is 10.9 Å². The molecule has 0 radical (unpaired) electrons. The summed E-state index contributed by atoms with van der Waals surface area (Å²) in [6, 6.07) is 13.8. The highest BCUT2D eigenvalue weighted by atomic mass is 79.9. The lowest BCUT2D eigenvalue weighted by Crippen LogP contribution is -2.14. The zero-order valence-electron chi connectivity index (χ0n) is 10.4. The van der Waals surface area contributed by atoms with Gasteiger partial charge in [-0.1, -0.05) is 17.3 Å². The van der Waals surface area contributed by atoms with Gasteiger partial charge in [0.05, 0.1) is 5.56 Å². The average Bonchev–Trinajstić information content (AvgIpc) is 2.47. The normalized spacial score (nSPS) is 11.2. The third kappa shape index (κ3) is 3.16. The summed E-state index contributed by atoms with van der Waals surface area (Å²) >= 11 is 3.33. The molecule has 0 fully saturated rings. The number of nitrogens with two attached hydrogens (primary N) is 1. The molecule has 0 aliphatic heterocycles. The number of amidine groups is 1. The number of hydrogen-bond acceptors (Lipinski definition) is 3. The van der Waals surface area contributed by atoms with Crippen LogP contribution in [-0.2, 0) is 0 Å². The van der Waals surface area contributed by atoms with Crippen molar-refractivity contribution >= 4 is 33.4 Å². The Bertz CT molecular complexity index is 654. The summed E-state index contributed by atoms with van der Waals surface area (Å²) in [6.07, 6.45) is 0. The quantitative estimate of drug-likeness (QED) is 0.349. The van der Waals surface area contributed by atoms with Crippen molar-refractivity contribution in [2.45, 2.75) is 0 Å². The maximum Gasteiger partial charge on any atom is 0.256 e. The molecule has 1 amide bonds. The van der Waals surface area contributed by atoms with E-state index in [9.17, 15) is 4.79 Å². The second-order valence-corrected chi connectivity index (χ2v) is 4.85. The van der Waals surface area contributed by atoms with Crippen LogP contribution in [0.1, 0.15) is 15.9 Å². The fourth-order valence-electron chi connectivity index (χ4n) is 1.63. The Morgan fingerprint density at radius 1 is 1.15 bits per heavy atom. The third-order valence-electron chi connectivity index (χ3n) is 2.66. The van der Waals surface area contributed by atoms with E-state index in [0.717, 1.165) is 4.47 Å². The topological polar surface area (TPSA) is 87.7 Å². The van der Waals surface area contributed by atoms with Gasteiger partial charge in [-0.2, -0.15) is 0 Å². The van der Waals surface area contributed by atoms with Crippen molar-refractivity contribution in [3.8, 4) is 0 Å². The molecule has 0 aliphatic rings. The molecule has 0 aliphatic carbocycles. The molecule has 0 bridgehead atoms. The van der Waals surface area contributed by atoms with E-state index in [0.29, 0.717) is 16.8 Å². The molecule has 2 aromatic rings. The molecule has 0 saturated heterocycles. The van der Waals surface area contributed by atoms with Gasteiger partial charge in [-0.25, -0.2) is 0 Å². The van der Waals surface area contributed by atoms with Gasteiger partial charge >= 0.3 is 0 Å². The summed E-state index contributed by atoms with van der Waals surface area (Å²) in [6.45, 7) is 0. The van der Waals surface area contributed by atoms with Gasteiger partial charge in [0, 0.05) is 15.7 Å². The lowest BCUT2D eigenvalue weighted by molar-refractivity contribution is 0.102. The van der Waals surface area contributed by atoms with Crippen molar-refractivity contribution in [1.82, 2.24) is 0 Å². The minimum Gasteiger partial charge on any atom is -0.409 e. The highest BCUT2D eigenvalue weighted by Gasteiger charge is 2.09. The van der Waals surface area contributed by atoms with Crippen molar-refractivity contribution in [2.75, 3.05) is 5.32 Å². The number of oxime groups is 1. The van der Waals surface area contributed by atoms with Crippen LogP contribution >= 0.6 is 15.9 Å². The Balaban J connectivity index is 2.15. The maximum atomic E-state index is 12.1. The smallest absolute Gasteiger partial charge is 0.256 e. The minimum atomic E-state index is -0.214. The number of carbonyl (C=O) groups excluding carboxylic acids is 1. The fraction of sp³-hybridized carbons (Fsp3) is 0. The molecule has 2 aromatic carbocycles.